The molecule has 0 saturated carbocycles. The van der Waals surface area contributed by atoms with Crippen molar-refractivity contribution < 1.29 is 24.3 Å². The fourth-order valence-electron chi connectivity index (χ4n) is 3.08. The number of hydrazine groups is 1. The fraction of sp³-hybridized carbons (Fsp3) is 0.700. The van der Waals surface area contributed by atoms with Gasteiger partial charge in [-0.2, -0.15) is 0 Å². The molecule has 1 fully saturated rings. The van der Waals surface area contributed by atoms with Gasteiger partial charge in [-0.25, -0.2) is 5.43 Å². The highest BCUT2D eigenvalue weighted by molar-refractivity contribution is 5.92. The van der Waals surface area contributed by atoms with Crippen molar-refractivity contribution in [3.63, 3.8) is 0 Å². The molecule has 3 atom stereocenters. The summed E-state index contributed by atoms with van der Waals surface area (Å²) in [4.78, 5) is 48.5. The SMILES string of the molecule is C=CCCCCC(=O)N[C@H](C(=O)N[C@@H](C)C(=O)N1CCC[C@@H](C(=O)O)N1)C(C)C. The predicted molar refractivity (Wildman–Crippen MR) is 109 cm³/mol. The molecule has 9 nitrogen and oxygen atoms in total. The van der Waals surface area contributed by atoms with Gasteiger partial charge in [0.2, 0.25) is 11.8 Å². The van der Waals surface area contributed by atoms with Gasteiger partial charge in [0.25, 0.3) is 5.91 Å². The molecular weight excluding hydrogens is 376 g/mol. The summed E-state index contributed by atoms with van der Waals surface area (Å²) in [5.41, 5.74) is 2.68. The summed E-state index contributed by atoms with van der Waals surface area (Å²) in [6.07, 6.45) is 5.55. The fourth-order valence-corrected chi connectivity index (χ4v) is 3.08. The third-order valence-corrected chi connectivity index (χ3v) is 4.81. The van der Waals surface area contributed by atoms with E-state index in [1.54, 1.807) is 13.0 Å². The number of aliphatic carboxylic acids is 1. The number of carboxylic acids is 1. The highest BCUT2D eigenvalue weighted by Gasteiger charge is 2.32. The lowest BCUT2D eigenvalue weighted by Crippen LogP contribution is -2.60. The number of hydrogen-bond donors (Lipinski definition) is 4. The van der Waals surface area contributed by atoms with Gasteiger partial charge in [0.1, 0.15) is 18.1 Å². The van der Waals surface area contributed by atoms with Crippen LogP contribution in [0.25, 0.3) is 0 Å². The lowest BCUT2D eigenvalue weighted by Gasteiger charge is -2.34. The van der Waals surface area contributed by atoms with Crippen molar-refractivity contribution in [2.45, 2.75) is 77.4 Å². The first-order valence-electron chi connectivity index (χ1n) is 10.2. The molecule has 1 aliphatic rings. The smallest absolute Gasteiger partial charge is 0.322 e. The second-order valence-electron chi connectivity index (χ2n) is 7.71. The Morgan fingerprint density at radius 3 is 2.48 bits per heavy atom. The number of hydrogen-bond acceptors (Lipinski definition) is 5. The normalized spacial score (nSPS) is 18.6. The van der Waals surface area contributed by atoms with Crippen LogP contribution in [-0.4, -0.2) is 58.5 Å². The van der Waals surface area contributed by atoms with Crippen molar-refractivity contribution in [3.05, 3.63) is 12.7 Å². The summed E-state index contributed by atoms with van der Waals surface area (Å²) in [6, 6.07) is -2.43. The van der Waals surface area contributed by atoms with Crippen LogP contribution >= 0.6 is 0 Å². The molecule has 0 aromatic carbocycles. The first-order chi connectivity index (χ1) is 13.7. The second-order valence-corrected chi connectivity index (χ2v) is 7.71. The van der Waals surface area contributed by atoms with E-state index in [0.29, 0.717) is 32.2 Å². The molecule has 9 heteroatoms. The van der Waals surface area contributed by atoms with E-state index in [9.17, 15) is 19.2 Å². The topological polar surface area (TPSA) is 128 Å². The molecule has 0 aromatic rings. The van der Waals surface area contributed by atoms with Crippen LogP contribution in [0.4, 0.5) is 0 Å². The van der Waals surface area contributed by atoms with Crippen molar-refractivity contribution in [1.29, 1.82) is 0 Å². The zero-order valence-electron chi connectivity index (χ0n) is 17.6. The molecule has 29 heavy (non-hydrogen) atoms. The number of carbonyl (C=O) groups excluding carboxylic acids is 3. The molecule has 0 unspecified atom stereocenters. The summed E-state index contributed by atoms with van der Waals surface area (Å²) in [7, 11) is 0. The maximum atomic E-state index is 12.6. The molecule has 3 amide bonds. The van der Waals surface area contributed by atoms with E-state index in [4.69, 9.17) is 5.11 Å². The highest BCUT2D eigenvalue weighted by atomic mass is 16.4. The average Bonchev–Trinajstić information content (AvgIpc) is 2.68. The Morgan fingerprint density at radius 2 is 1.90 bits per heavy atom. The molecule has 0 radical (unpaired) electrons. The van der Waals surface area contributed by atoms with Gasteiger partial charge >= 0.3 is 5.97 Å². The first kappa shape index (κ1) is 24.6. The van der Waals surface area contributed by atoms with Gasteiger partial charge in [-0.15, -0.1) is 6.58 Å². The molecule has 0 aromatic heterocycles. The van der Waals surface area contributed by atoms with E-state index in [-0.39, 0.29) is 11.8 Å². The minimum absolute atomic E-state index is 0.154. The Balaban J connectivity index is 2.60. The van der Waals surface area contributed by atoms with Crippen LogP contribution in [0.3, 0.4) is 0 Å². The number of nitrogens with zero attached hydrogens (tertiary/aromatic N) is 1. The molecule has 0 bridgehead atoms. The van der Waals surface area contributed by atoms with Crippen LogP contribution in [0.15, 0.2) is 12.7 Å². The van der Waals surface area contributed by atoms with E-state index >= 15 is 0 Å². The Kier molecular flexibility index (Phi) is 10.4. The molecule has 4 N–H and O–H groups in total. The number of carbonyl (C=O) groups is 4. The first-order valence-corrected chi connectivity index (χ1v) is 10.2. The zero-order chi connectivity index (χ0) is 22.0. The zero-order valence-corrected chi connectivity index (χ0v) is 17.6. The lowest BCUT2D eigenvalue weighted by atomic mass is 10.0. The van der Waals surface area contributed by atoms with Crippen molar-refractivity contribution in [2.75, 3.05) is 6.54 Å². The average molecular weight is 411 g/mol. The van der Waals surface area contributed by atoms with E-state index in [1.165, 1.54) is 5.01 Å². The monoisotopic (exact) mass is 410 g/mol. The van der Waals surface area contributed by atoms with Gasteiger partial charge in [0.05, 0.1) is 0 Å². The molecule has 0 aliphatic carbocycles. The maximum absolute atomic E-state index is 12.6. The standard InChI is InChI=1S/C20H34N4O5/c1-5-6-7-8-11-16(25)22-17(13(2)3)18(26)21-14(4)19(27)24-12-9-10-15(23-24)20(28)29/h5,13-15,17,23H,1,6-12H2,2-4H3,(H,21,26)(H,22,25)(H,28,29)/t14-,15-,17-/m0/s1. The van der Waals surface area contributed by atoms with Crippen LogP contribution in [-0.2, 0) is 19.2 Å². The van der Waals surface area contributed by atoms with Crippen LogP contribution in [0, 0.1) is 5.92 Å². The number of unbranched alkanes of at least 4 members (excludes halogenated alkanes) is 2. The van der Waals surface area contributed by atoms with Crippen molar-refractivity contribution in [1.82, 2.24) is 21.1 Å². The van der Waals surface area contributed by atoms with Crippen molar-refractivity contribution in [3.8, 4) is 0 Å². The molecule has 1 aliphatic heterocycles. The van der Waals surface area contributed by atoms with Gasteiger partial charge in [-0.05, 0) is 44.9 Å². The molecule has 0 spiro atoms. The number of allylic oxidation sites excluding steroid dienone is 1. The third kappa shape index (κ3) is 8.23. The molecule has 1 rings (SSSR count). The Labute approximate surface area is 172 Å². The minimum Gasteiger partial charge on any atom is -0.480 e. The number of rotatable bonds is 11. The highest BCUT2D eigenvalue weighted by Crippen LogP contribution is 2.10. The Bertz CT molecular complexity index is 608. The van der Waals surface area contributed by atoms with E-state index in [0.717, 1.165) is 12.8 Å². The number of nitrogens with one attached hydrogen (secondary N) is 3. The van der Waals surface area contributed by atoms with E-state index < -0.39 is 35.9 Å². The van der Waals surface area contributed by atoms with Crippen molar-refractivity contribution >= 4 is 23.7 Å². The molecule has 1 saturated heterocycles. The summed E-state index contributed by atoms with van der Waals surface area (Å²) in [5.74, 6) is -2.23. The van der Waals surface area contributed by atoms with Gasteiger partial charge in [-0.1, -0.05) is 19.9 Å². The minimum atomic E-state index is -1.02. The maximum Gasteiger partial charge on any atom is 0.322 e. The van der Waals surface area contributed by atoms with Crippen molar-refractivity contribution in [2.24, 2.45) is 5.92 Å². The van der Waals surface area contributed by atoms with E-state index in [1.807, 2.05) is 13.8 Å². The van der Waals surface area contributed by atoms with Gasteiger partial charge < -0.3 is 15.7 Å². The summed E-state index contributed by atoms with van der Waals surface area (Å²) in [5, 5.41) is 15.7. The Morgan fingerprint density at radius 1 is 1.21 bits per heavy atom. The van der Waals surface area contributed by atoms with Gasteiger partial charge in [-0.3, -0.25) is 24.2 Å². The second kappa shape index (κ2) is 12.2. The Hall–Kier alpha value is -2.42. The lowest BCUT2D eigenvalue weighted by molar-refractivity contribution is -0.148. The largest absolute Gasteiger partial charge is 0.480 e. The van der Waals surface area contributed by atoms with Crippen LogP contribution in [0.2, 0.25) is 0 Å². The summed E-state index contributed by atoms with van der Waals surface area (Å²) in [6.45, 7) is 9.19. The van der Waals surface area contributed by atoms with Crippen LogP contribution < -0.4 is 16.1 Å². The molecule has 1 heterocycles. The number of carboxylic acid groups (broad SMARTS) is 1. The quantitative estimate of drug-likeness (QED) is 0.297. The van der Waals surface area contributed by atoms with Crippen LogP contribution in [0.5, 0.6) is 0 Å². The molecular formula is C20H34N4O5. The predicted octanol–water partition coefficient (Wildman–Crippen LogP) is 0.959. The number of amides is 3. The third-order valence-electron chi connectivity index (χ3n) is 4.81. The molecule has 164 valence electrons. The van der Waals surface area contributed by atoms with Crippen LogP contribution in [0.1, 0.15) is 59.3 Å². The summed E-state index contributed by atoms with van der Waals surface area (Å²) < 4.78 is 0. The van der Waals surface area contributed by atoms with Gasteiger partial charge in [0.15, 0.2) is 0 Å². The van der Waals surface area contributed by atoms with E-state index in [2.05, 4.69) is 22.6 Å². The van der Waals surface area contributed by atoms with Gasteiger partial charge in [0, 0.05) is 13.0 Å². The summed E-state index contributed by atoms with van der Waals surface area (Å²) >= 11 is 0.